The third kappa shape index (κ3) is 3.70. The fraction of sp³-hybridized carbons (Fsp3) is 0.250. The maximum atomic E-state index is 14.4. The number of hydrogen-bond donors (Lipinski definition) is 1. The van der Waals surface area contributed by atoms with Gasteiger partial charge in [-0.25, -0.2) is 13.8 Å². The van der Waals surface area contributed by atoms with Crippen LogP contribution in [-0.2, 0) is 14.5 Å². The van der Waals surface area contributed by atoms with Gasteiger partial charge < -0.3 is 5.73 Å². The van der Waals surface area contributed by atoms with Crippen LogP contribution in [0, 0.1) is 11.6 Å². The first kappa shape index (κ1) is 20.2. The molecule has 2 N–H and O–H groups in total. The molecule has 5 nitrogen and oxygen atoms in total. The van der Waals surface area contributed by atoms with E-state index in [4.69, 9.17) is 5.73 Å². The molecule has 2 aromatic rings. The van der Waals surface area contributed by atoms with Gasteiger partial charge in [0.05, 0.1) is 0 Å². The average Bonchev–Trinajstić information content (AvgIpc) is 3.08. The van der Waals surface area contributed by atoms with Crippen LogP contribution in [0.1, 0.15) is 30.9 Å². The molecule has 1 atom stereocenters. The van der Waals surface area contributed by atoms with Crippen molar-refractivity contribution in [2.45, 2.75) is 24.6 Å². The number of benzene rings is 2. The minimum Gasteiger partial charge on any atom is -0.330 e. The molecule has 1 heterocycles. The highest BCUT2D eigenvalue weighted by Gasteiger charge is 2.49. The number of halogens is 2. The number of rotatable bonds is 6. The smallest absolute Gasteiger partial charge is 0.311 e. The highest BCUT2D eigenvalue weighted by atomic mass is 32.2. The summed E-state index contributed by atoms with van der Waals surface area (Å²) in [6.45, 7) is 1.52. The molecule has 0 saturated carbocycles. The number of carbonyl (C=O) groups is 2. The number of Topliss-reactive ketones (excluding diaryl/α,β-unsaturated/α-hetero) is 1. The molecule has 0 radical (unpaired) electrons. The van der Waals surface area contributed by atoms with Crippen molar-refractivity contribution >= 4 is 28.5 Å². The van der Waals surface area contributed by atoms with E-state index in [9.17, 15) is 18.4 Å². The summed E-state index contributed by atoms with van der Waals surface area (Å²) in [5.74, 6) is -2.80. The Bertz CT molecular complexity index is 936. The van der Waals surface area contributed by atoms with Gasteiger partial charge in [-0.1, -0.05) is 42.1 Å². The van der Waals surface area contributed by atoms with E-state index in [2.05, 4.69) is 5.10 Å². The molecule has 28 heavy (non-hydrogen) atoms. The summed E-state index contributed by atoms with van der Waals surface area (Å²) in [5, 5.41) is 5.48. The van der Waals surface area contributed by atoms with Crippen LogP contribution in [-0.4, -0.2) is 28.3 Å². The summed E-state index contributed by atoms with van der Waals surface area (Å²) >= 11 is 1.12. The quantitative estimate of drug-likeness (QED) is 0.751. The summed E-state index contributed by atoms with van der Waals surface area (Å²) < 4.78 is 28.1. The number of carbonyl (C=O) groups excluding carboxylic acids is 2. The Morgan fingerprint density at radius 2 is 1.89 bits per heavy atom. The number of ketones is 1. The van der Waals surface area contributed by atoms with E-state index in [0.717, 1.165) is 47.5 Å². The third-order valence-electron chi connectivity index (χ3n) is 4.40. The van der Waals surface area contributed by atoms with Gasteiger partial charge in [0.2, 0.25) is 5.78 Å². The number of thioether (sulfide) groups is 1. The van der Waals surface area contributed by atoms with E-state index in [0.29, 0.717) is 19.4 Å². The second-order valence-corrected chi connectivity index (χ2v) is 7.61. The molecule has 0 fully saturated rings. The zero-order valence-electron chi connectivity index (χ0n) is 15.2. The first-order chi connectivity index (χ1) is 13.4. The van der Waals surface area contributed by atoms with Crippen LogP contribution in [0.4, 0.5) is 8.78 Å². The predicted octanol–water partition coefficient (Wildman–Crippen LogP) is 3.38. The number of hydrazone groups is 1. The van der Waals surface area contributed by atoms with Gasteiger partial charge in [-0.15, -0.1) is 0 Å². The summed E-state index contributed by atoms with van der Waals surface area (Å²) in [5.41, 5.74) is 6.35. The minimum atomic E-state index is -1.07. The Kier molecular flexibility index (Phi) is 5.90. The van der Waals surface area contributed by atoms with Gasteiger partial charge in [-0.3, -0.25) is 9.59 Å². The van der Waals surface area contributed by atoms with Gasteiger partial charge in [0.1, 0.15) is 21.5 Å². The molecule has 3 rings (SSSR count). The SMILES string of the molecule is CC(=O)C(=O)N1N=C(c2cc(F)ccc2F)SC1(CCCN)c1ccccc1. The average molecular weight is 403 g/mol. The number of nitrogens with two attached hydrogens (primary N) is 1. The van der Waals surface area contributed by atoms with E-state index in [-0.39, 0.29) is 10.6 Å². The van der Waals surface area contributed by atoms with Gasteiger partial charge >= 0.3 is 5.91 Å². The summed E-state index contributed by atoms with van der Waals surface area (Å²) in [4.78, 5) is 23.5. The van der Waals surface area contributed by atoms with Crippen molar-refractivity contribution in [2.24, 2.45) is 10.8 Å². The number of hydrogen-bond acceptors (Lipinski definition) is 5. The molecule has 1 unspecified atom stereocenters. The molecule has 146 valence electrons. The molecule has 1 amide bonds. The highest BCUT2D eigenvalue weighted by molar-refractivity contribution is 8.15. The minimum absolute atomic E-state index is 0.0584. The van der Waals surface area contributed by atoms with E-state index >= 15 is 0 Å². The van der Waals surface area contributed by atoms with E-state index in [1.807, 2.05) is 18.2 Å². The highest BCUT2D eigenvalue weighted by Crippen LogP contribution is 2.50. The number of amides is 1. The first-order valence-electron chi connectivity index (χ1n) is 8.73. The van der Waals surface area contributed by atoms with Crippen LogP contribution in [0.5, 0.6) is 0 Å². The molecule has 0 bridgehead atoms. The molecule has 0 saturated heterocycles. The largest absolute Gasteiger partial charge is 0.330 e. The second kappa shape index (κ2) is 8.20. The van der Waals surface area contributed by atoms with E-state index < -0.39 is 28.2 Å². The molecule has 0 aliphatic carbocycles. The van der Waals surface area contributed by atoms with Gasteiger partial charge in [-0.2, -0.15) is 5.10 Å². The lowest BCUT2D eigenvalue weighted by Crippen LogP contribution is -2.44. The monoisotopic (exact) mass is 403 g/mol. The normalized spacial score (nSPS) is 18.9. The van der Waals surface area contributed by atoms with Crippen molar-refractivity contribution in [2.75, 3.05) is 6.54 Å². The zero-order valence-corrected chi connectivity index (χ0v) is 16.0. The molecule has 2 aromatic carbocycles. The Hall–Kier alpha value is -2.58. The van der Waals surface area contributed by atoms with Crippen molar-refractivity contribution in [1.29, 1.82) is 0 Å². The van der Waals surface area contributed by atoms with Gasteiger partial charge in [-0.05, 0) is 43.1 Å². The van der Waals surface area contributed by atoms with Gasteiger partial charge in [0, 0.05) is 12.5 Å². The van der Waals surface area contributed by atoms with Crippen LogP contribution >= 0.6 is 11.8 Å². The molecule has 0 aromatic heterocycles. The second-order valence-electron chi connectivity index (χ2n) is 6.35. The van der Waals surface area contributed by atoms with Crippen LogP contribution in [0.3, 0.4) is 0 Å². The van der Waals surface area contributed by atoms with E-state index in [1.54, 1.807) is 12.1 Å². The maximum Gasteiger partial charge on any atom is 0.311 e. The summed E-state index contributed by atoms with van der Waals surface area (Å²) in [6, 6.07) is 12.1. The predicted molar refractivity (Wildman–Crippen MR) is 104 cm³/mol. The van der Waals surface area contributed by atoms with Crippen molar-refractivity contribution in [3.63, 3.8) is 0 Å². The lowest BCUT2D eigenvalue weighted by molar-refractivity contribution is -0.146. The van der Waals surface area contributed by atoms with Crippen molar-refractivity contribution in [3.05, 3.63) is 71.3 Å². The maximum absolute atomic E-state index is 14.4. The van der Waals surface area contributed by atoms with Crippen LogP contribution in [0.15, 0.2) is 53.6 Å². The molecule has 8 heteroatoms. The van der Waals surface area contributed by atoms with Crippen LogP contribution in [0.2, 0.25) is 0 Å². The Balaban J connectivity index is 2.16. The molecular weight excluding hydrogens is 384 g/mol. The Morgan fingerprint density at radius 3 is 2.54 bits per heavy atom. The standard InChI is InChI=1S/C20H19F2N3O2S/c1-13(26)19(27)25-20(10-5-11-23,14-6-3-2-4-7-14)28-18(24-25)16-12-15(21)8-9-17(16)22/h2-4,6-9,12H,5,10-11,23H2,1H3. The third-order valence-corrected chi connectivity index (χ3v) is 5.84. The van der Waals surface area contributed by atoms with Gasteiger partial charge in [0.25, 0.3) is 0 Å². The topological polar surface area (TPSA) is 75.8 Å². The molecule has 1 aliphatic rings. The fourth-order valence-electron chi connectivity index (χ4n) is 3.05. The van der Waals surface area contributed by atoms with Crippen molar-refractivity contribution < 1.29 is 18.4 Å². The lowest BCUT2D eigenvalue weighted by Gasteiger charge is -2.35. The first-order valence-corrected chi connectivity index (χ1v) is 9.54. The lowest BCUT2D eigenvalue weighted by atomic mass is 10.00. The zero-order chi connectivity index (χ0) is 20.3. The van der Waals surface area contributed by atoms with Crippen LogP contribution in [0.25, 0.3) is 0 Å². The summed E-state index contributed by atoms with van der Waals surface area (Å²) in [6.07, 6.45) is 0.930. The number of nitrogens with zero attached hydrogens (tertiary/aromatic N) is 2. The molecule has 0 spiro atoms. The van der Waals surface area contributed by atoms with Crippen molar-refractivity contribution in [1.82, 2.24) is 5.01 Å². The fourth-order valence-corrected chi connectivity index (χ4v) is 4.47. The van der Waals surface area contributed by atoms with Crippen LogP contribution < -0.4 is 5.73 Å². The van der Waals surface area contributed by atoms with Crippen molar-refractivity contribution in [3.8, 4) is 0 Å². The Morgan fingerprint density at radius 1 is 1.18 bits per heavy atom. The molecule has 1 aliphatic heterocycles. The molecular formula is C20H19F2N3O2S. The summed E-state index contributed by atoms with van der Waals surface area (Å²) in [7, 11) is 0. The Labute approximate surface area is 165 Å². The van der Waals surface area contributed by atoms with E-state index in [1.165, 1.54) is 0 Å². The van der Waals surface area contributed by atoms with Gasteiger partial charge in [0.15, 0.2) is 0 Å².